The molecule has 4 heterocycles. The van der Waals surface area contributed by atoms with E-state index >= 15 is 0 Å². The number of aromatic nitrogens is 3. The molecule has 0 bridgehead atoms. The molecule has 31 heavy (non-hydrogen) atoms. The van der Waals surface area contributed by atoms with Crippen LogP contribution in [-0.2, 0) is 17.8 Å². The molecule has 1 unspecified atom stereocenters. The quantitative estimate of drug-likeness (QED) is 0.600. The minimum absolute atomic E-state index is 0.146. The lowest BCUT2D eigenvalue weighted by Gasteiger charge is -2.22. The Labute approximate surface area is 187 Å². The van der Waals surface area contributed by atoms with Gasteiger partial charge in [-0.25, -0.2) is 9.50 Å². The maximum atomic E-state index is 12.2. The topological polar surface area (TPSA) is 62.5 Å². The lowest BCUT2D eigenvalue weighted by Crippen LogP contribution is -2.25. The number of nitrogens with zero attached hydrogens (tertiary/aromatic N) is 4. The van der Waals surface area contributed by atoms with Crippen molar-refractivity contribution in [2.45, 2.75) is 77.9 Å². The number of rotatable bonds is 7. The fourth-order valence-electron chi connectivity index (χ4n) is 4.76. The summed E-state index contributed by atoms with van der Waals surface area (Å²) < 4.78 is 1.99. The standard InChI is InChI=1S/C24H31N5OS/c1-15-6-9-19(31-15)14-28-12-4-5-22(28)21-13-23-25-16(2)20(17(3)29(23)27-21)10-11-24(30)26-18-7-8-18/h6,9,13,18,22H,4-5,7-8,10-12,14H2,1-3H3,(H,26,30). The van der Waals surface area contributed by atoms with E-state index in [4.69, 9.17) is 10.1 Å². The van der Waals surface area contributed by atoms with Crippen LogP contribution in [-0.4, -0.2) is 38.0 Å². The monoisotopic (exact) mass is 437 g/mol. The molecule has 0 radical (unpaired) electrons. The zero-order chi connectivity index (χ0) is 21.5. The summed E-state index contributed by atoms with van der Waals surface area (Å²) in [7, 11) is 0. The number of thiophene rings is 1. The summed E-state index contributed by atoms with van der Waals surface area (Å²) >= 11 is 1.89. The number of aryl methyl sites for hydroxylation is 3. The highest BCUT2D eigenvalue weighted by atomic mass is 32.1. The van der Waals surface area contributed by atoms with Gasteiger partial charge in [-0.2, -0.15) is 5.10 Å². The van der Waals surface area contributed by atoms with Gasteiger partial charge >= 0.3 is 0 Å². The van der Waals surface area contributed by atoms with Gasteiger partial charge in [-0.05, 0) is 77.1 Å². The molecule has 7 heteroatoms. The first-order valence-electron chi connectivity index (χ1n) is 11.4. The highest BCUT2D eigenvalue weighted by Crippen LogP contribution is 2.34. The van der Waals surface area contributed by atoms with E-state index in [-0.39, 0.29) is 5.91 Å². The first kappa shape index (κ1) is 20.6. The first-order chi connectivity index (χ1) is 15.0. The second-order valence-corrected chi connectivity index (χ2v) is 10.5. The molecule has 2 fully saturated rings. The minimum atomic E-state index is 0.146. The van der Waals surface area contributed by atoms with E-state index in [9.17, 15) is 4.79 Å². The second-order valence-electron chi connectivity index (χ2n) is 9.08. The Morgan fingerprint density at radius 2 is 2.06 bits per heavy atom. The van der Waals surface area contributed by atoms with E-state index in [0.29, 0.717) is 24.9 Å². The number of fused-ring (bicyclic) bond motifs is 1. The maximum absolute atomic E-state index is 12.2. The summed E-state index contributed by atoms with van der Waals surface area (Å²) in [6.45, 7) is 8.43. The molecule has 1 N–H and O–H groups in total. The van der Waals surface area contributed by atoms with Gasteiger partial charge in [0.1, 0.15) is 0 Å². The SMILES string of the molecule is Cc1ccc(CN2CCCC2c2cc3nc(C)c(CCC(=O)NC4CC4)c(C)n3n2)s1. The molecule has 164 valence electrons. The number of hydrogen-bond donors (Lipinski definition) is 1. The van der Waals surface area contributed by atoms with Crippen LogP contribution in [0.1, 0.15) is 70.5 Å². The molecule has 1 amide bonds. The molecule has 5 rings (SSSR count). The Morgan fingerprint density at radius 3 is 2.81 bits per heavy atom. The van der Waals surface area contributed by atoms with Gasteiger partial charge in [-0.3, -0.25) is 9.69 Å². The zero-order valence-corrected chi connectivity index (χ0v) is 19.5. The average molecular weight is 438 g/mol. The molecule has 1 saturated heterocycles. The fourth-order valence-corrected chi connectivity index (χ4v) is 5.67. The largest absolute Gasteiger partial charge is 0.353 e. The Morgan fingerprint density at radius 1 is 1.23 bits per heavy atom. The Kier molecular flexibility index (Phi) is 5.56. The van der Waals surface area contributed by atoms with E-state index < -0.39 is 0 Å². The highest BCUT2D eigenvalue weighted by molar-refractivity contribution is 7.11. The lowest BCUT2D eigenvalue weighted by molar-refractivity contribution is -0.121. The number of carbonyl (C=O) groups is 1. The number of hydrogen-bond acceptors (Lipinski definition) is 5. The van der Waals surface area contributed by atoms with Gasteiger partial charge in [-0.15, -0.1) is 11.3 Å². The van der Waals surface area contributed by atoms with Gasteiger partial charge < -0.3 is 5.32 Å². The third-order valence-electron chi connectivity index (χ3n) is 6.59. The molecule has 6 nitrogen and oxygen atoms in total. The average Bonchev–Trinajstić information content (AvgIpc) is 3.10. The van der Waals surface area contributed by atoms with Crippen molar-refractivity contribution in [1.29, 1.82) is 0 Å². The van der Waals surface area contributed by atoms with Gasteiger partial charge in [0.15, 0.2) is 5.65 Å². The lowest BCUT2D eigenvalue weighted by atomic mass is 10.1. The molecule has 1 saturated carbocycles. The van der Waals surface area contributed by atoms with Crippen LogP contribution in [0.2, 0.25) is 0 Å². The number of carbonyl (C=O) groups excluding carboxylic acids is 1. The molecular formula is C24H31N5OS. The van der Waals surface area contributed by atoms with Crippen LogP contribution in [0.25, 0.3) is 5.65 Å². The second kappa shape index (κ2) is 8.36. The summed E-state index contributed by atoms with van der Waals surface area (Å²) in [6, 6.07) is 7.37. The van der Waals surface area contributed by atoms with Crippen molar-refractivity contribution in [1.82, 2.24) is 24.8 Å². The van der Waals surface area contributed by atoms with E-state index in [2.05, 4.69) is 49.2 Å². The smallest absolute Gasteiger partial charge is 0.220 e. The number of likely N-dealkylation sites (tertiary alicyclic amines) is 1. The zero-order valence-electron chi connectivity index (χ0n) is 18.6. The van der Waals surface area contributed by atoms with Crippen molar-refractivity contribution in [3.05, 3.63) is 50.6 Å². The summed E-state index contributed by atoms with van der Waals surface area (Å²) in [6.07, 6.45) is 5.81. The Hall–Kier alpha value is -2.25. The normalized spacial score (nSPS) is 19.4. The van der Waals surface area contributed by atoms with Crippen LogP contribution >= 0.6 is 11.3 Å². The van der Waals surface area contributed by atoms with Crippen LogP contribution in [0.5, 0.6) is 0 Å². The molecule has 3 aromatic rings. The third kappa shape index (κ3) is 4.39. The van der Waals surface area contributed by atoms with Crippen molar-refractivity contribution >= 4 is 22.9 Å². The van der Waals surface area contributed by atoms with Crippen molar-refractivity contribution in [3.8, 4) is 0 Å². The van der Waals surface area contributed by atoms with Crippen LogP contribution < -0.4 is 5.32 Å². The van der Waals surface area contributed by atoms with E-state index in [1.165, 1.54) is 16.2 Å². The van der Waals surface area contributed by atoms with Crippen molar-refractivity contribution in [2.75, 3.05) is 6.54 Å². The predicted molar refractivity (Wildman–Crippen MR) is 123 cm³/mol. The van der Waals surface area contributed by atoms with E-state index in [1.54, 1.807) is 0 Å². The molecule has 0 spiro atoms. The first-order valence-corrected chi connectivity index (χ1v) is 12.2. The van der Waals surface area contributed by atoms with Crippen LogP contribution in [0.4, 0.5) is 0 Å². The summed E-state index contributed by atoms with van der Waals surface area (Å²) in [5.74, 6) is 0.146. The molecule has 1 aliphatic heterocycles. The fraction of sp³-hybridized carbons (Fsp3) is 0.542. The van der Waals surface area contributed by atoms with E-state index in [0.717, 1.165) is 60.6 Å². The van der Waals surface area contributed by atoms with Crippen LogP contribution in [0.15, 0.2) is 18.2 Å². The number of nitrogens with one attached hydrogen (secondary N) is 1. The third-order valence-corrected chi connectivity index (χ3v) is 7.57. The predicted octanol–water partition coefficient (Wildman–Crippen LogP) is 4.26. The molecule has 3 aromatic heterocycles. The van der Waals surface area contributed by atoms with Gasteiger partial charge in [0, 0.05) is 46.2 Å². The molecule has 2 aliphatic rings. The van der Waals surface area contributed by atoms with Crippen LogP contribution in [0.3, 0.4) is 0 Å². The maximum Gasteiger partial charge on any atom is 0.220 e. The minimum Gasteiger partial charge on any atom is -0.353 e. The Bertz CT molecular complexity index is 1110. The Balaban J connectivity index is 1.36. The van der Waals surface area contributed by atoms with Gasteiger partial charge in [-0.1, -0.05) is 0 Å². The van der Waals surface area contributed by atoms with Gasteiger partial charge in [0.05, 0.1) is 11.7 Å². The van der Waals surface area contributed by atoms with Crippen molar-refractivity contribution < 1.29 is 4.79 Å². The van der Waals surface area contributed by atoms with Crippen molar-refractivity contribution in [3.63, 3.8) is 0 Å². The van der Waals surface area contributed by atoms with Crippen LogP contribution in [0, 0.1) is 20.8 Å². The summed E-state index contributed by atoms with van der Waals surface area (Å²) in [5.41, 5.74) is 5.28. The highest BCUT2D eigenvalue weighted by Gasteiger charge is 2.29. The van der Waals surface area contributed by atoms with Gasteiger partial charge in [0.2, 0.25) is 5.91 Å². The molecule has 1 aliphatic carbocycles. The van der Waals surface area contributed by atoms with Gasteiger partial charge in [0.25, 0.3) is 0 Å². The molecule has 1 atom stereocenters. The molecular weight excluding hydrogens is 406 g/mol. The summed E-state index contributed by atoms with van der Waals surface area (Å²) in [4.78, 5) is 22.3. The molecule has 0 aromatic carbocycles. The summed E-state index contributed by atoms with van der Waals surface area (Å²) in [5, 5.41) is 8.08. The van der Waals surface area contributed by atoms with E-state index in [1.807, 2.05) is 15.9 Å². The van der Waals surface area contributed by atoms with Crippen molar-refractivity contribution in [2.24, 2.45) is 0 Å². The number of amides is 1.